The third-order valence-electron chi connectivity index (χ3n) is 9.70. The third kappa shape index (κ3) is 4.80. The van der Waals surface area contributed by atoms with E-state index in [1.807, 2.05) is 146 Å². The monoisotopic (exact) mass is 688 g/mol. The number of hydrogen-bond donors (Lipinski definition) is 0. The van der Waals surface area contributed by atoms with Crippen molar-refractivity contribution in [2.24, 2.45) is 0 Å². The maximum Gasteiger partial charge on any atom is 0.175 e. The lowest BCUT2D eigenvalue weighted by Crippen LogP contribution is -2.36. The molecule has 10 rings (SSSR count). The summed E-state index contributed by atoms with van der Waals surface area (Å²) in [6.45, 7) is 0. The third-order valence-corrected chi connectivity index (χ3v) is 12.8. The fourth-order valence-electron chi connectivity index (χ4n) is 7.26. The number of hydrogen-bond acceptors (Lipinski definition) is 6. The zero-order chi connectivity index (χ0) is 34.6. The van der Waals surface area contributed by atoms with E-state index in [0.29, 0.717) is 23.1 Å². The van der Waals surface area contributed by atoms with Crippen molar-refractivity contribution in [1.82, 2.24) is 15.0 Å². The molecule has 1 atom stereocenters. The zero-order valence-electron chi connectivity index (χ0n) is 27.8. The Morgan fingerprint density at radius 3 is 1.63 bits per heavy atom. The molecule has 0 fully saturated rings. The molecule has 1 aliphatic rings. The maximum atomic E-state index is 15.9. The van der Waals surface area contributed by atoms with Gasteiger partial charge >= 0.3 is 0 Å². The summed E-state index contributed by atoms with van der Waals surface area (Å²) in [5, 5.41) is 4.12. The van der Waals surface area contributed by atoms with Gasteiger partial charge in [-0.05, 0) is 48.5 Å². The Morgan fingerprint density at radius 2 is 0.981 bits per heavy atom. The molecule has 0 aliphatic carbocycles. The Balaban J connectivity index is 1.22. The van der Waals surface area contributed by atoms with Crippen molar-refractivity contribution in [3.8, 4) is 34.2 Å². The van der Waals surface area contributed by atoms with Gasteiger partial charge in [0.2, 0.25) is 0 Å². The van der Waals surface area contributed by atoms with Crippen LogP contribution in [-0.4, -0.2) is 15.0 Å². The Labute approximate surface area is 300 Å². The van der Waals surface area contributed by atoms with Gasteiger partial charge < -0.3 is 13.9 Å². The van der Waals surface area contributed by atoms with Crippen LogP contribution in [0.5, 0.6) is 0 Å². The van der Waals surface area contributed by atoms with Crippen LogP contribution in [0.15, 0.2) is 180 Å². The second kappa shape index (κ2) is 12.0. The molecule has 1 aliphatic heterocycles. The molecule has 3 heterocycles. The van der Waals surface area contributed by atoms with Crippen LogP contribution in [0.3, 0.4) is 0 Å². The quantitative estimate of drug-likeness (QED) is 0.168. The van der Waals surface area contributed by atoms with Crippen LogP contribution in [0.2, 0.25) is 0 Å². The van der Waals surface area contributed by atoms with Crippen LogP contribution >= 0.6 is 7.14 Å². The molecule has 0 N–H and O–H groups in total. The molecule has 7 aromatic carbocycles. The molecular weight excluding hydrogens is 659 g/mol. The fraction of sp³-hybridized carbons (Fsp3) is 0. The minimum atomic E-state index is -3.33. The van der Waals surface area contributed by atoms with Gasteiger partial charge in [-0.1, -0.05) is 121 Å². The van der Waals surface area contributed by atoms with Gasteiger partial charge in [0, 0.05) is 55.1 Å². The average molecular weight is 689 g/mol. The second-order valence-corrected chi connectivity index (χ2v) is 15.5. The topological polar surface area (TPSA) is 72.1 Å². The van der Waals surface area contributed by atoms with Gasteiger partial charge in [-0.3, -0.25) is 0 Å². The van der Waals surface area contributed by atoms with Crippen LogP contribution in [-0.2, 0) is 4.57 Å². The van der Waals surface area contributed by atoms with Gasteiger partial charge in [-0.15, -0.1) is 0 Å². The van der Waals surface area contributed by atoms with Crippen molar-refractivity contribution in [1.29, 1.82) is 0 Å². The average Bonchev–Trinajstić information content (AvgIpc) is 3.58. The summed E-state index contributed by atoms with van der Waals surface area (Å²) in [5.41, 5.74) is 6.77. The van der Waals surface area contributed by atoms with Gasteiger partial charge in [0.25, 0.3) is 0 Å². The highest BCUT2D eigenvalue weighted by Gasteiger charge is 2.41. The van der Waals surface area contributed by atoms with Crippen molar-refractivity contribution < 1.29 is 8.98 Å². The van der Waals surface area contributed by atoms with Crippen molar-refractivity contribution in [3.05, 3.63) is 176 Å². The Hall–Kier alpha value is -6.62. The highest BCUT2D eigenvalue weighted by Crippen LogP contribution is 2.55. The number of nitrogens with zero attached hydrogens (tertiary/aromatic N) is 4. The smallest absolute Gasteiger partial charge is 0.175 e. The largest absolute Gasteiger partial charge is 0.456 e. The van der Waals surface area contributed by atoms with E-state index < -0.39 is 7.14 Å². The zero-order valence-corrected chi connectivity index (χ0v) is 28.7. The van der Waals surface area contributed by atoms with Gasteiger partial charge in [0.1, 0.15) is 11.2 Å². The summed E-state index contributed by atoms with van der Waals surface area (Å²) in [5.74, 6) is 1.75. The molecule has 0 saturated heterocycles. The molecule has 0 radical (unpaired) electrons. The first-order valence-electron chi connectivity index (χ1n) is 17.1. The Bertz CT molecular complexity index is 2770. The van der Waals surface area contributed by atoms with Crippen LogP contribution in [0.4, 0.5) is 17.1 Å². The van der Waals surface area contributed by atoms with Crippen LogP contribution < -0.4 is 20.8 Å². The predicted molar refractivity (Wildman–Crippen MR) is 211 cm³/mol. The molecule has 52 heavy (non-hydrogen) atoms. The first kappa shape index (κ1) is 30.2. The number of benzene rings is 7. The highest BCUT2D eigenvalue weighted by atomic mass is 31.2. The molecule has 0 bridgehead atoms. The van der Waals surface area contributed by atoms with Crippen LogP contribution in [0.25, 0.3) is 56.1 Å². The predicted octanol–water partition coefficient (Wildman–Crippen LogP) is 10.2. The Kier molecular flexibility index (Phi) is 6.98. The standard InChI is InChI=1S/C45H29N4O2P/c50-52(34-21-11-4-12-22-34)41-24-14-13-23-37(41)49(33-19-9-3-10-20-33)38-29-40-36(28-42(38)52)35-27-32(25-26-39(35)51-40)45-47-43(30-15-5-1-6-16-30)46-44(48-45)31-17-7-2-8-18-31/h1-29H. The summed E-state index contributed by atoms with van der Waals surface area (Å²) in [6, 6.07) is 58.2. The lowest BCUT2D eigenvalue weighted by atomic mass is 10.1. The fourth-order valence-corrected chi connectivity index (χ4v) is 10.3. The molecule has 0 spiro atoms. The second-order valence-electron chi connectivity index (χ2n) is 12.8. The van der Waals surface area contributed by atoms with Gasteiger partial charge in [-0.2, -0.15) is 0 Å². The van der Waals surface area contributed by atoms with E-state index in [-0.39, 0.29) is 0 Å². The van der Waals surface area contributed by atoms with E-state index in [4.69, 9.17) is 19.4 Å². The van der Waals surface area contributed by atoms with E-state index in [1.54, 1.807) is 0 Å². The maximum absolute atomic E-state index is 15.9. The highest BCUT2D eigenvalue weighted by molar-refractivity contribution is 7.86. The molecule has 9 aromatic rings. The molecule has 0 amide bonds. The number of fused-ring (bicyclic) bond motifs is 5. The molecule has 6 nitrogen and oxygen atoms in total. The first-order chi connectivity index (χ1) is 25.6. The number of aromatic nitrogens is 3. The first-order valence-corrected chi connectivity index (χ1v) is 18.8. The number of furan rings is 1. The van der Waals surface area contributed by atoms with Gasteiger partial charge in [0.15, 0.2) is 24.6 Å². The number of para-hydroxylation sites is 2. The van der Waals surface area contributed by atoms with Crippen molar-refractivity contribution in [2.45, 2.75) is 0 Å². The summed E-state index contributed by atoms with van der Waals surface area (Å²) >= 11 is 0. The van der Waals surface area contributed by atoms with Crippen LogP contribution in [0.1, 0.15) is 0 Å². The SMILES string of the molecule is O=P1(c2ccccc2)c2ccccc2N(c2ccccc2)c2cc3oc4ccc(-c5nc(-c6ccccc6)nc(-c6ccccc6)n5)cc4c3cc21. The van der Waals surface area contributed by atoms with E-state index in [0.717, 1.165) is 66.0 Å². The van der Waals surface area contributed by atoms with E-state index in [2.05, 4.69) is 35.2 Å². The summed E-state index contributed by atoms with van der Waals surface area (Å²) in [4.78, 5) is 17.0. The van der Waals surface area contributed by atoms with E-state index in [9.17, 15) is 0 Å². The van der Waals surface area contributed by atoms with Gasteiger partial charge in [0.05, 0.1) is 11.4 Å². The summed E-state index contributed by atoms with van der Waals surface area (Å²) < 4.78 is 22.5. The molecule has 7 heteroatoms. The molecular formula is C45H29N4O2P. The summed E-state index contributed by atoms with van der Waals surface area (Å²) in [6.07, 6.45) is 0. The minimum absolute atomic E-state index is 0.557. The summed E-state index contributed by atoms with van der Waals surface area (Å²) in [7, 11) is -3.33. The van der Waals surface area contributed by atoms with Gasteiger partial charge in [-0.25, -0.2) is 15.0 Å². The number of rotatable bonds is 5. The molecule has 246 valence electrons. The Morgan fingerprint density at radius 1 is 0.442 bits per heavy atom. The number of anilines is 3. The van der Waals surface area contributed by atoms with Crippen molar-refractivity contribution >= 4 is 62.1 Å². The minimum Gasteiger partial charge on any atom is -0.456 e. The molecule has 2 aromatic heterocycles. The van der Waals surface area contributed by atoms with Crippen molar-refractivity contribution in [3.63, 3.8) is 0 Å². The normalized spacial score (nSPS) is 15.0. The molecule has 0 saturated carbocycles. The van der Waals surface area contributed by atoms with E-state index >= 15 is 4.57 Å². The lowest BCUT2D eigenvalue weighted by Gasteiger charge is -2.37. The molecule has 1 unspecified atom stereocenters. The van der Waals surface area contributed by atoms with Crippen molar-refractivity contribution in [2.75, 3.05) is 4.90 Å². The van der Waals surface area contributed by atoms with E-state index in [1.165, 1.54) is 0 Å². The lowest BCUT2D eigenvalue weighted by molar-refractivity contribution is 0.592. The van der Waals surface area contributed by atoms with Crippen LogP contribution in [0, 0.1) is 0 Å².